The van der Waals surface area contributed by atoms with Gasteiger partial charge in [-0.25, -0.2) is 4.68 Å². The summed E-state index contributed by atoms with van der Waals surface area (Å²) < 4.78 is 7.05. The van der Waals surface area contributed by atoms with Crippen molar-refractivity contribution in [1.82, 2.24) is 14.9 Å². The molecule has 3 rings (SSSR count). The second kappa shape index (κ2) is 5.59. The summed E-state index contributed by atoms with van der Waals surface area (Å²) in [5, 5.41) is 11.3. The summed E-state index contributed by atoms with van der Waals surface area (Å²) in [4.78, 5) is 12.4. The minimum absolute atomic E-state index is 0.229. The normalized spacial score (nSPS) is 16.0. The topological polar surface area (TPSA) is 73.0 Å². The lowest BCUT2D eigenvalue weighted by molar-refractivity contribution is 0.0986. The van der Waals surface area contributed by atoms with Crippen LogP contribution < -0.4 is 5.32 Å². The van der Waals surface area contributed by atoms with Gasteiger partial charge >= 0.3 is 0 Å². The van der Waals surface area contributed by atoms with Crippen molar-refractivity contribution >= 4 is 11.7 Å². The number of nitrogens with one attached hydrogen (secondary N) is 1. The van der Waals surface area contributed by atoms with Gasteiger partial charge in [-0.1, -0.05) is 19.0 Å². The smallest absolute Gasteiger partial charge is 0.295 e. The molecule has 22 heavy (non-hydrogen) atoms. The van der Waals surface area contributed by atoms with Crippen molar-refractivity contribution in [1.29, 1.82) is 0 Å². The van der Waals surface area contributed by atoms with Crippen LogP contribution in [0.1, 0.15) is 67.4 Å². The molecule has 1 amide bonds. The van der Waals surface area contributed by atoms with E-state index >= 15 is 0 Å². The molecule has 0 saturated heterocycles. The summed E-state index contributed by atoms with van der Waals surface area (Å²) in [6, 6.07) is 1.99. The van der Waals surface area contributed by atoms with Crippen molar-refractivity contribution < 1.29 is 9.32 Å². The van der Waals surface area contributed by atoms with Gasteiger partial charge in [-0.05, 0) is 38.5 Å². The number of anilines is 1. The number of hydrogen-bond acceptors (Lipinski definition) is 4. The molecule has 6 heteroatoms. The highest BCUT2D eigenvalue weighted by atomic mass is 16.5. The number of nitrogens with zero attached hydrogens (tertiary/aromatic N) is 3. The molecule has 1 saturated carbocycles. The second-order valence-corrected chi connectivity index (χ2v) is 6.42. The molecule has 1 atom stereocenters. The summed E-state index contributed by atoms with van der Waals surface area (Å²) in [7, 11) is 0. The Hall–Kier alpha value is -2.11. The highest BCUT2D eigenvalue weighted by molar-refractivity contribution is 6.02. The second-order valence-electron chi connectivity index (χ2n) is 6.42. The van der Waals surface area contributed by atoms with Crippen molar-refractivity contribution in [3.8, 4) is 0 Å². The van der Waals surface area contributed by atoms with Crippen molar-refractivity contribution in [2.24, 2.45) is 5.92 Å². The molecular weight excluding hydrogens is 280 g/mol. The van der Waals surface area contributed by atoms with Gasteiger partial charge in [0, 0.05) is 11.6 Å². The SMILES string of the molecule is Cc1cnn(C(C)C2CC2)c1NC(=O)c1cc(C(C)C)no1. The van der Waals surface area contributed by atoms with Crippen molar-refractivity contribution in [3.05, 3.63) is 29.3 Å². The maximum atomic E-state index is 12.4. The number of aromatic nitrogens is 3. The molecule has 6 nitrogen and oxygen atoms in total. The van der Waals surface area contributed by atoms with Gasteiger partial charge < -0.3 is 9.84 Å². The first-order valence-electron chi connectivity index (χ1n) is 7.79. The summed E-state index contributed by atoms with van der Waals surface area (Å²) in [5.74, 6) is 1.58. The highest BCUT2D eigenvalue weighted by Gasteiger charge is 2.31. The van der Waals surface area contributed by atoms with Gasteiger partial charge in [0.15, 0.2) is 0 Å². The van der Waals surface area contributed by atoms with E-state index in [2.05, 4.69) is 22.5 Å². The van der Waals surface area contributed by atoms with Crippen LogP contribution >= 0.6 is 0 Å². The fourth-order valence-corrected chi connectivity index (χ4v) is 2.53. The molecule has 0 aliphatic heterocycles. The van der Waals surface area contributed by atoms with Gasteiger partial charge in [-0.2, -0.15) is 5.10 Å². The molecule has 0 aromatic carbocycles. The number of hydrogen-bond donors (Lipinski definition) is 1. The molecule has 0 radical (unpaired) electrons. The molecule has 0 spiro atoms. The average molecular weight is 302 g/mol. The van der Waals surface area contributed by atoms with Gasteiger partial charge in [-0.3, -0.25) is 4.79 Å². The van der Waals surface area contributed by atoms with Crippen LogP contribution in [0.25, 0.3) is 0 Å². The van der Waals surface area contributed by atoms with Crippen molar-refractivity contribution in [2.45, 2.75) is 52.5 Å². The Labute approximate surface area is 129 Å². The lowest BCUT2D eigenvalue weighted by Gasteiger charge is -2.15. The van der Waals surface area contributed by atoms with Crippen LogP contribution in [-0.4, -0.2) is 20.8 Å². The van der Waals surface area contributed by atoms with Crippen LogP contribution in [0, 0.1) is 12.8 Å². The fourth-order valence-electron chi connectivity index (χ4n) is 2.53. The predicted octanol–water partition coefficient (Wildman–Crippen LogP) is 3.53. The van der Waals surface area contributed by atoms with E-state index in [4.69, 9.17) is 4.52 Å². The highest BCUT2D eigenvalue weighted by Crippen LogP contribution is 2.40. The number of amides is 1. The van der Waals surface area contributed by atoms with E-state index in [1.807, 2.05) is 25.5 Å². The zero-order valence-electron chi connectivity index (χ0n) is 13.5. The first-order chi connectivity index (χ1) is 10.5. The first kappa shape index (κ1) is 14.8. The van der Waals surface area contributed by atoms with E-state index in [1.165, 1.54) is 12.8 Å². The van der Waals surface area contributed by atoms with Crippen molar-refractivity contribution in [2.75, 3.05) is 5.32 Å². The molecule has 1 fully saturated rings. The molecule has 2 aromatic heterocycles. The predicted molar refractivity (Wildman–Crippen MR) is 82.9 cm³/mol. The van der Waals surface area contributed by atoms with Crippen LogP contribution in [0.2, 0.25) is 0 Å². The Morgan fingerprint density at radius 2 is 2.14 bits per heavy atom. The fraction of sp³-hybridized carbons (Fsp3) is 0.562. The standard InChI is InChI=1S/C16H22N4O2/c1-9(2)13-7-14(22-19-13)16(21)18-15-10(3)8-17-20(15)11(4)12-5-6-12/h7-9,11-12H,5-6H2,1-4H3,(H,18,21). The molecule has 1 aliphatic carbocycles. The van der Waals surface area contributed by atoms with E-state index in [9.17, 15) is 4.79 Å². The van der Waals surface area contributed by atoms with Crippen LogP contribution in [-0.2, 0) is 0 Å². The van der Waals surface area contributed by atoms with Crippen molar-refractivity contribution in [3.63, 3.8) is 0 Å². The van der Waals surface area contributed by atoms with Gasteiger partial charge in [0.05, 0.1) is 17.9 Å². The summed E-state index contributed by atoms with van der Waals surface area (Å²) >= 11 is 0. The van der Waals surface area contributed by atoms with E-state index in [1.54, 1.807) is 12.3 Å². The van der Waals surface area contributed by atoms with Gasteiger partial charge in [0.1, 0.15) is 5.82 Å². The van der Waals surface area contributed by atoms with Crippen LogP contribution in [0.4, 0.5) is 5.82 Å². The number of aryl methyl sites for hydroxylation is 1. The maximum Gasteiger partial charge on any atom is 0.295 e. The van der Waals surface area contributed by atoms with E-state index in [0.29, 0.717) is 12.0 Å². The summed E-state index contributed by atoms with van der Waals surface area (Å²) in [5.41, 5.74) is 1.73. The average Bonchev–Trinajstić information content (AvgIpc) is 3.09. The zero-order chi connectivity index (χ0) is 15.9. The molecule has 1 N–H and O–H groups in total. The minimum atomic E-state index is -0.285. The molecule has 1 unspecified atom stereocenters. The van der Waals surface area contributed by atoms with E-state index in [-0.39, 0.29) is 17.6 Å². The number of carbonyl (C=O) groups excluding carboxylic acids is 1. The minimum Gasteiger partial charge on any atom is -0.351 e. The van der Waals surface area contributed by atoms with Gasteiger partial charge in [0.2, 0.25) is 5.76 Å². The molecule has 2 heterocycles. The Balaban J connectivity index is 1.79. The Bertz CT molecular complexity index is 682. The molecule has 118 valence electrons. The molecular formula is C16H22N4O2. The number of rotatable bonds is 5. The number of carbonyl (C=O) groups is 1. The Morgan fingerprint density at radius 3 is 2.73 bits per heavy atom. The zero-order valence-corrected chi connectivity index (χ0v) is 13.5. The third-order valence-corrected chi connectivity index (χ3v) is 4.24. The Morgan fingerprint density at radius 1 is 1.41 bits per heavy atom. The Kier molecular flexibility index (Phi) is 3.76. The summed E-state index contributed by atoms with van der Waals surface area (Å²) in [6.07, 6.45) is 4.25. The largest absolute Gasteiger partial charge is 0.351 e. The maximum absolute atomic E-state index is 12.4. The third kappa shape index (κ3) is 2.77. The van der Waals surface area contributed by atoms with Gasteiger partial charge in [0.25, 0.3) is 5.91 Å². The van der Waals surface area contributed by atoms with E-state index in [0.717, 1.165) is 17.1 Å². The lowest BCUT2D eigenvalue weighted by atomic mass is 10.1. The molecule has 2 aromatic rings. The first-order valence-corrected chi connectivity index (χ1v) is 7.79. The van der Waals surface area contributed by atoms with Crippen LogP contribution in [0.5, 0.6) is 0 Å². The van der Waals surface area contributed by atoms with Gasteiger partial charge in [-0.15, -0.1) is 0 Å². The molecule has 0 bridgehead atoms. The lowest BCUT2D eigenvalue weighted by Crippen LogP contribution is -2.18. The molecule has 1 aliphatic rings. The quantitative estimate of drug-likeness (QED) is 0.917. The monoisotopic (exact) mass is 302 g/mol. The van der Waals surface area contributed by atoms with E-state index < -0.39 is 0 Å². The third-order valence-electron chi connectivity index (χ3n) is 4.24. The summed E-state index contributed by atoms with van der Waals surface area (Å²) in [6.45, 7) is 8.11. The van der Waals surface area contributed by atoms with Crippen LogP contribution in [0.3, 0.4) is 0 Å². The van der Waals surface area contributed by atoms with Crippen LogP contribution in [0.15, 0.2) is 16.8 Å².